The lowest BCUT2D eigenvalue weighted by Crippen LogP contribution is -2.33. The largest absolute Gasteiger partial charge is 0.506 e. The van der Waals surface area contributed by atoms with Crippen LogP contribution in [0.25, 0.3) is 10.2 Å². The predicted octanol–water partition coefficient (Wildman–Crippen LogP) is 2.98. The zero-order valence-electron chi connectivity index (χ0n) is 14.2. The number of aryl methyl sites for hydroxylation is 3. The molecule has 0 atom stereocenters. The van der Waals surface area contributed by atoms with Gasteiger partial charge in [-0.2, -0.15) is 0 Å². The fourth-order valence-corrected chi connectivity index (χ4v) is 3.91. The maximum absolute atomic E-state index is 12.5. The third-order valence-corrected chi connectivity index (χ3v) is 5.42. The van der Waals surface area contributed by atoms with E-state index in [0.29, 0.717) is 16.8 Å². The van der Waals surface area contributed by atoms with Crippen LogP contribution in [0.4, 0.5) is 0 Å². The maximum atomic E-state index is 12.5. The second kappa shape index (κ2) is 7.11. The van der Waals surface area contributed by atoms with Crippen molar-refractivity contribution >= 4 is 27.5 Å². The molecule has 1 aromatic carbocycles. The van der Waals surface area contributed by atoms with Gasteiger partial charge in [0.2, 0.25) is 0 Å². The van der Waals surface area contributed by atoms with E-state index in [0.717, 1.165) is 18.4 Å². The van der Waals surface area contributed by atoms with Gasteiger partial charge in [-0.15, -0.1) is 11.3 Å². The molecule has 0 saturated carbocycles. The average Bonchev–Trinajstić information content (AvgIpc) is 3.00. The van der Waals surface area contributed by atoms with E-state index in [4.69, 9.17) is 0 Å². The molecule has 3 rings (SSSR count). The SMILES string of the molecule is Cc1csc2c1c(O)c(C(=O)NCCCc1ccccc1)c(=O)n2C. The number of carbonyl (C=O) groups excluding carboxylic acids is 1. The highest BCUT2D eigenvalue weighted by Crippen LogP contribution is 2.33. The Bertz CT molecular complexity index is 974. The number of hydrogen-bond donors (Lipinski definition) is 2. The van der Waals surface area contributed by atoms with Crippen LogP contribution in [0.1, 0.15) is 27.9 Å². The van der Waals surface area contributed by atoms with E-state index in [9.17, 15) is 14.7 Å². The van der Waals surface area contributed by atoms with Gasteiger partial charge >= 0.3 is 0 Å². The van der Waals surface area contributed by atoms with Gasteiger partial charge in [-0.05, 0) is 36.3 Å². The van der Waals surface area contributed by atoms with Gasteiger partial charge in [0, 0.05) is 13.6 Å². The van der Waals surface area contributed by atoms with Crippen molar-refractivity contribution in [3.63, 3.8) is 0 Å². The second-order valence-corrected chi connectivity index (χ2v) is 6.89. The van der Waals surface area contributed by atoms with Gasteiger partial charge in [0.15, 0.2) is 0 Å². The fraction of sp³-hybridized carbons (Fsp3) is 0.263. The molecule has 2 N–H and O–H groups in total. The number of carbonyl (C=O) groups is 1. The molecule has 3 aromatic rings. The molecule has 0 saturated heterocycles. The topological polar surface area (TPSA) is 71.3 Å². The van der Waals surface area contributed by atoms with Crippen LogP contribution in [-0.4, -0.2) is 22.1 Å². The van der Waals surface area contributed by atoms with Crippen LogP contribution in [0.3, 0.4) is 0 Å². The van der Waals surface area contributed by atoms with Gasteiger partial charge in [-0.25, -0.2) is 0 Å². The quantitative estimate of drug-likeness (QED) is 0.691. The van der Waals surface area contributed by atoms with Crippen molar-refractivity contribution in [1.29, 1.82) is 0 Å². The number of aromatic nitrogens is 1. The van der Waals surface area contributed by atoms with Crippen molar-refractivity contribution in [2.24, 2.45) is 7.05 Å². The molecule has 0 bridgehead atoms. The summed E-state index contributed by atoms with van der Waals surface area (Å²) in [5, 5.41) is 15.6. The Balaban J connectivity index is 1.76. The fourth-order valence-electron chi connectivity index (χ4n) is 2.88. The summed E-state index contributed by atoms with van der Waals surface area (Å²) in [7, 11) is 1.62. The van der Waals surface area contributed by atoms with E-state index in [1.54, 1.807) is 7.05 Å². The van der Waals surface area contributed by atoms with E-state index in [-0.39, 0.29) is 11.3 Å². The number of thiophene rings is 1. The smallest absolute Gasteiger partial charge is 0.268 e. The molecule has 6 heteroatoms. The first-order valence-corrected chi connectivity index (χ1v) is 9.00. The van der Waals surface area contributed by atoms with Crippen molar-refractivity contribution < 1.29 is 9.90 Å². The minimum Gasteiger partial charge on any atom is -0.506 e. The van der Waals surface area contributed by atoms with Crippen LogP contribution in [0, 0.1) is 6.92 Å². The van der Waals surface area contributed by atoms with Gasteiger partial charge in [0.25, 0.3) is 11.5 Å². The Labute approximate surface area is 149 Å². The zero-order chi connectivity index (χ0) is 18.0. The summed E-state index contributed by atoms with van der Waals surface area (Å²) in [6.45, 7) is 2.29. The van der Waals surface area contributed by atoms with E-state index < -0.39 is 11.5 Å². The molecule has 0 spiro atoms. The van der Waals surface area contributed by atoms with E-state index >= 15 is 0 Å². The first-order chi connectivity index (χ1) is 12.0. The van der Waals surface area contributed by atoms with Gasteiger partial charge in [-0.3, -0.25) is 9.59 Å². The molecule has 0 radical (unpaired) electrons. The van der Waals surface area contributed by atoms with Crippen LogP contribution >= 0.6 is 11.3 Å². The number of nitrogens with one attached hydrogen (secondary N) is 1. The summed E-state index contributed by atoms with van der Waals surface area (Å²) in [5.74, 6) is -0.754. The standard InChI is InChI=1S/C19H20N2O3S/c1-12-11-25-19-14(12)16(22)15(18(24)21(19)2)17(23)20-10-6-9-13-7-4-3-5-8-13/h3-5,7-8,11,22H,6,9-10H2,1-2H3,(H,20,23). The molecule has 5 nitrogen and oxygen atoms in total. The molecular formula is C19H20N2O3S. The van der Waals surface area contributed by atoms with Gasteiger partial charge in [-0.1, -0.05) is 30.3 Å². The van der Waals surface area contributed by atoms with E-state index in [2.05, 4.69) is 5.32 Å². The number of pyridine rings is 1. The summed E-state index contributed by atoms with van der Waals surface area (Å²) < 4.78 is 1.42. The number of fused-ring (bicyclic) bond motifs is 1. The van der Waals surface area contributed by atoms with E-state index in [1.807, 2.05) is 42.6 Å². The van der Waals surface area contributed by atoms with Crippen LogP contribution in [0.15, 0.2) is 40.5 Å². The first kappa shape index (κ1) is 17.2. The maximum Gasteiger partial charge on any atom is 0.268 e. The van der Waals surface area contributed by atoms with Gasteiger partial charge in [0.1, 0.15) is 16.1 Å². The molecule has 0 aliphatic carbocycles. The predicted molar refractivity (Wildman–Crippen MR) is 101 cm³/mol. The molecule has 2 heterocycles. The first-order valence-electron chi connectivity index (χ1n) is 8.12. The Morgan fingerprint density at radius 1 is 1.28 bits per heavy atom. The lowest BCUT2D eigenvalue weighted by atomic mass is 10.1. The summed E-state index contributed by atoms with van der Waals surface area (Å²) in [6.07, 6.45) is 1.60. The highest BCUT2D eigenvalue weighted by atomic mass is 32.1. The Hall–Kier alpha value is -2.60. The summed E-state index contributed by atoms with van der Waals surface area (Å²) in [4.78, 5) is 25.6. The van der Waals surface area contributed by atoms with Crippen LogP contribution in [0.5, 0.6) is 5.75 Å². The molecule has 1 amide bonds. The second-order valence-electron chi connectivity index (χ2n) is 6.03. The lowest BCUT2D eigenvalue weighted by Gasteiger charge is -2.10. The number of benzene rings is 1. The molecule has 25 heavy (non-hydrogen) atoms. The molecular weight excluding hydrogens is 336 g/mol. The Morgan fingerprint density at radius 2 is 2.00 bits per heavy atom. The summed E-state index contributed by atoms with van der Waals surface area (Å²) >= 11 is 1.38. The van der Waals surface area contributed by atoms with Gasteiger partial charge < -0.3 is 15.0 Å². The van der Waals surface area contributed by atoms with Crippen molar-refractivity contribution in [2.75, 3.05) is 6.54 Å². The molecule has 0 aliphatic heterocycles. The minimum absolute atomic E-state index is 0.184. The monoisotopic (exact) mass is 356 g/mol. The highest BCUT2D eigenvalue weighted by molar-refractivity contribution is 7.17. The lowest BCUT2D eigenvalue weighted by molar-refractivity contribution is 0.0949. The molecule has 0 aliphatic rings. The minimum atomic E-state index is -0.529. The molecule has 2 aromatic heterocycles. The van der Waals surface area contributed by atoms with Crippen LogP contribution in [-0.2, 0) is 13.5 Å². The van der Waals surface area contributed by atoms with E-state index in [1.165, 1.54) is 21.5 Å². The average molecular weight is 356 g/mol. The molecule has 0 fully saturated rings. The zero-order valence-corrected chi connectivity index (χ0v) is 15.0. The van der Waals surface area contributed by atoms with Crippen molar-refractivity contribution in [3.8, 4) is 5.75 Å². The van der Waals surface area contributed by atoms with Crippen molar-refractivity contribution in [3.05, 3.63) is 62.8 Å². The molecule has 0 unspecified atom stereocenters. The normalized spacial score (nSPS) is 11.0. The molecule has 130 valence electrons. The van der Waals surface area contributed by atoms with Crippen LogP contribution < -0.4 is 10.9 Å². The summed E-state index contributed by atoms with van der Waals surface area (Å²) in [5.41, 5.74) is 1.39. The third kappa shape index (κ3) is 3.30. The number of rotatable bonds is 5. The van der Waals surface area contributed by atoms with Crippen LogP contribution in [0.2, 0.25) is 0 Å². The van der Waals surface area contributed by atoms with Crippen molar-refractivity contribution in [2.45, 2.75) is 19.8 Å². The van der Waals surface area contributed by atoms with Gasteiger partial charge in [0.05, 0.1) is 5.39 Å². The Kier molecular flexibility index (Phi) is 4.90. The number of hydrogen-bond acceptors (Lipinski definition) is 4. The number of amides is 1. The number of aromatic hydroxyl groups is 1. The van der Waals surface area contributed by atoms with Crippen molar-refractivity contribution in [1.82, 2.24) is 9.88 Å². The summed E-state index contributed by atoms with van der Waals surface area (Å²) in [6, 6.07) is 10.0. The Morgan fingerprint density at radius 3 is 2.72 bits per heavy atom. The number of nitrogens with zero attached hydrogens (tertiary/aromatic N) is 1. The highest BCUT2D eigenvalue weighted by Gasteiger charge is 2.22. The third-order valence-electron chi connectivity index (χ3n) is 4.25.